The third-order valence-electron chi connectivity index (χ3n) is 7.47. The molecule has 5 saturated carbocycles. The average Bonchev–Trinajstić information content (AvgIpc) is 3.42. The summed E-state index contributed by atoms with van der Waals surface area (Å²) in [5.74, 6) is 1.36. The van der Waals surface area contributed by atoms with Crippen LogP contribution in [0.15, 0.2) is 28.7 Å². The van der Waals surface area contributed by atoms with E-state index in [4.69, 9.17) is 9.15 Å². The Bertz CT molecular complexity index is 1050. The van der Waals surface area contributed by atoms with Gasteiger partial charge in [0.1, 0.15) is 5.75 Å². The van der Waals surface area contributed by atoms with Crippen LogP contribution >= 0.6 is 0 Å². The Morgan fingerprint density at radius 1 is 1.09 bits per heavy atom. The number of amides is 1. The van der Waals surface area contributed by atoms with Crippen LogP contribution in [-0.4, -0.2) is 34.6 Å². The van der Waals surface area contributed by atoms with E-state index in [0.717, 1.165) is 0 Å². The first kappa shape index (κ1) is 20.9. The summed E-state index contributed by atoms with van der Waals surface area (Å²) in [5, 5.41) is 10.9. The maximum Gasteiger partial charge on any atom is 0.523 e. The third-order valence-corrected chi connectivity index (χ3v) is 7.47. The number of aromatic nitrogens is 2. The SMILES string of the molecule is O=C(COc1ccc(C2CC2)cc1)NC12CC(c3nnc(C4(OC(F)(F)F)CCC4)o3)(C1)C2. The molecule has 5 aliphatic rings. The first-order valence-corrected chi connectivity index (χ1v) is 11.3. The van der Waals surface area contributed by atoms with Gasteiger partial charge in [-0.05, 0) is 75.0 Å². The molecule has 1 aromatic carbocycles. The monoisotopic (exact) mass is 463 g/mol. The minimum Gasteiger partial charge on any atom is -0.484 e. The standard InChI is InChI=1S/C23H24F3N3O4/c24-23(25,26)33-22(8-1-9-22)19-29-28-18(32-19)20-11-21(12-20,13-20)27-17(30)10-31-16-6-4-15(5-7-16)14-2-3-14/h4-7,14H,1-3,8-13H2,(H,27,30). The van der Waals surface area contributed by atoms with Gasteiger partial charge in [0.2, 0.25) is 11.8 Å². The Balaban J connectivity index is 1.02. The minimum atomic E-state index is -4.76. The highest BCUT2D eigenvalue weighted by atomic mass is 19.4. The Labute approximate surface area is 188 Å². The maximum atomic E-state index is 12.8. The fourth-order valence-corrected chi connectivity index (χ4v) is 5.58. The number of alkyl halides is 3. The molecule has 1 aromatic heterocycles. The molecule has 10 heteroatoms. The van der Waals surface area contributed by atoms with E-state index in [1.54, 1.807) is 0 Å². The van der Waals surface area contributed by atoms with Gasteiger partial charge < -0.3 is 14.5 Å². The summed E-state index contributed by atoms with van der Waals surface area (Å²) in [7, 11) is 0. The highest BCUT2D eigenvalue weighted by Crippen LogP contribution is 2.67. The molecule has 0 radical (unpaired) electrons. The Morgan fingerprint density at radius 2 is 1.76 bits per heavy atom. The van der Waals surface area contributed by atoms with E-state index in [9.17, 15) is 18.0 Å². The van der Waals surface area contributed by atoms with Crippen LogP contribution in [-0.2, 0) is 20.5 Å². The lowest BCUT2D eigenvalue weighted by molar-refractivity contribution is -0.387. The highest BCUT2D eigenvalue weighted by Gasteiger charge is 2.72. The number of hydrogen-bond donors (Lipinski definition) is 1. The summed E-state index contributed by atoms with van der Waals surface area (Å²) in [6.07, 6.45) is 0.582. The van der Waals surface area contributed by atoms with Crippen molar-refractivity contribution in [2.45, 2.75) is 80.2 Å². The van der Waals surface area contributed by atoms with E-state index < -0.39 is 12.0 Å². The van der Waals surface area contributed by atoms with Crippen LogP contribution in [0.3, 0.4) is 0 Å². The first-order chi connectivity index (χ1) is 15.7. The second kappa shape index (κ2) is 6.94. The number of nitrogens with zero attached hydrogens (tertiary/aromatic N) is 2. The van der Waals surface area contributed by atoms with Crippen LogP contribution in [0.25, 0.3) is 0 Å². The Hall–Kier alpha value is -2.62. The second-order valence-corrected chi connectivity index (χ2v) is 10.1. The maximum absolute atomic E-state index is 12.8. The highest BCUT2D eigenvalue weighted by molar-refractivity contribution is 5.79. The molecule has 5 aliphatic carbocycles. The molecule has 176 valence electrons. The molecule has 0 aliphatic heterocycles. The fourth-order valence-electron chi connectivity index (χ4n) is 5.58. The van der Waals surface area contributed by atoms with Gasteiger partial charge in [-0.25, -0.2) is 0 Å². The summed E-state index contributed by atoms with van der Waals surface area (Å²) < 4.78 is 54.1. The molecular weight excluding hydrogens is 439 g/mol. The molecule has 0 saturated heterocycles. The van der Waals surface area contributed by atoms with Crippen molar-refractivity contribution in [1.82, 2.24) is 15.5 Å². The van der Waals surface area contributed by atoms with Gasteiger partial charge in [0, 0.05) is 5.54 Å². The summed E-state index contributed by atoms with van der Waals surface area (Å²) in [4.78, 5) is 12.4. The molecule has 2 bridgehead atoms. The molecule has 7 nitrogen and oxygen atoms in total. The van der Waals surface area contributed by atoms with Crippen molar-refractivity contribution in [3.63, 3.8) is 0 Å². The lowest BCUT2D eigenvalue weighted by Gasteiger charge is -2.68. The number of nitrogens with one attached hydrogen (secondary N) is 1. The molecule has 1 heterocycles. The number of hydrogen-bond acceptors (Lipinski definition) is 6. The number of halogens is 3. The van der Waals surface area contributed by atoms with Crippen LogP contribution in [0.4, 0.5) is 13.2 Å². The van der Waals surface area contributed by atoms with Crippen molar-refractivity contribution in [3.05, 3.63) is 41.6 Å². The number of ether oxygens (including phenoxy) is 2. The van der Waals surface area contributed by atoms with Gasteiger partial charge in [-0.2, -0.15) is 0 Å². The topological polar surface area (TPSA) is 86.5 Å². The van der Waals surface area contributed by atoms with Gasteiger partial charge in [-0.3, -0.25) is 9.53 Å². The molecule has 7 rings (SSSR count). The van der Waals surface area contributed by atoms with E-state index in [1.165, 1.54) is 18.4 Å². The van der Waals surface area contributed by atoms with Gasteiger partial charge in [0.15, 0.2) is 12.2 Å². The van der Waals surface area contributed by atoms with Gasteiger partial charge in [0.05, 0.1) is 5.41 Å². The Morgan fingerprint density at radius 3 is 2.33 bits per heavy atom. The van der Waals surface area contributed by atoms with Crippen LogP contribution < -0.4 is 10.1 Å². The predicted molar refractivity (Wildman–Crippen MR) is 107 cm³/mol. The molecule has 2 aromatic rings. The number of rotatable bonds is 8. The normalized spacial score (nSPS) is 29.4. The van der Waals surface area contributed by atoms with Crippen LogP contribution in [0.5, 0.6) is 5.75 Å². The van der Waals surface area contributed by atoms with Gasteiger partial charge in [-0.15, -0.1) is 23.4 Å². The zero-order valence-electron chi connectivity index (χ0n) is 17.9. The summed E-state index contributed by atoms with van der Waals surface area (Å²) in [6.45, 7) is -0.0699. The predicted octanol–water partition coefficient (Wildman–Crippen LogP) is 4.23. The van der Waals surface area contributed by atoms with Gasteiger partial charge in [0.25, 0.3) is 5.91 Å². The van der Waals surface area contributed by atoms with Crippen molar-refractivity contribution >= 4 is 5.91 Å². The molecule has 0 unspecified atom stereocenters. The van der Waals surface area contributed by atoms with Crippen LogP contribution in [0.2, 0.25) is 0 Å². The van der Waals surface area contributed by atoms with Gasteiger partial charge in [-0.1, -0.05) is 12.1 Å². The zero-order valence-corrected chi connectivity index (χ0v) is 17.9. The van der Waals surface area contributed by atoms with Crippen molar-refractivity contribution in [2.75, 3.05) is 6.61 Å². The molecule has 0 atom stereocenters. The lowest BCUT2D eigenvalue weighted by atomic mass is 9.39. The molecular formula is C23H24F3N3O4. The largest absolute Gasteiger partial charge is 0.523 e. The second-order valence-electron chi connectivity index (χ2n) is 10.1. The quantitative estimate of drug-likeness (QED) is 0.631. The lowest BCUT2D eigenvalue weighted by Crippen LogP contribution is -2.77. The van der Waals surface area contributed by atoms with E-state index in [-0.39, 0.29) is 42.2 Å². The molecule has 1 amide bonds. The van der Waals surface area contributed by atoms with Crippen molar-refractivity contribution < 1.29 is 31.9 Å². The smallest absolute Gasteiger partial charge is 0.484 e. The van der Waals surface area contributed by atoms with E-state index >= 15 is 0 Å². The van der Waals surface area contributed by atoms with Crippen molar-refractivity contribution in [1.29, 1.82) is 0 Å². The number of carbonyl (C=O) groups excluding carboxylic acids is 1. The molecule has 0 spiro atoms. The molecule has 5 fully saturated rings. The van der Waals surface area contributed by atoms with Crippen molar-refractivity contribution in [3.8, 4) is 5.75 Å². The molecule has 33 heavy (non-hydrogen) atoms. The fraction of sp³-hybridized carbons (Fsp3) is 0.609. The Kier molecular flexibility index (Phi) is 4.41. The number of benzene rings is 1. The molecule has 1 N–H and O–H groups in total. The third kappa shape index (κ3) is 3.68. The number of carbonyl (C=O) groups is 1. The average molecular weight is 463 g/mol. The van der Waals surface area contributed by atoms with E-state index in [2.05, 4.69) is 20.3 Å². The summed E-state index contributed by atoms with van der Waals surface area (Å²) >= 11 is 0. The van der Waals surface area contributed by atoms with Gasteiger partial charge >= 0.3 is 6.36 Å². The first-order valence-electron chi connectivity index (χ1n) is 11.3. The van der Waals surface area contributed by atoms with Crippen LogP contribution in [0, 0.1) is 0 Å². The zero-order chi connectivity index (χ0) is 22.9. The van der Waals surface area contributed by atoms with E-state index in [0.29, 0.717) is 43.2 Å². The summed E-state index contributed by atoms with van der Waals surface area (Å²) in [6, 6.07) is 7.87. The van der Waals surface area contributed by atoms with Crippen LogP contribution in [0.1, 0.15) is 74.6 Å². The van der Waals surface area contributed by atoms with E-state index in [1.807, 2.05) is 24.3 Å². The van der Waals surface area contributed by atoms with Crippen molar-refractivity contribution in [2.24, 2.45) is 0 Å². The summed E-state index contributed by atoms with van der Waals surface area (Å²) in [5.41, 5.74) is -0.959. The minimum absolute atomic E-state index is 0.0699.